The minimum absolute atomic E-state index is 0.0962. The van der Waals surface area contributed by atoms with Crippen LogP contribution in [0.1, 0.15) is 23.2 Å². The van der Waals surface area contributed by atoms with E-state index in [2.05, 4.69) is 5.32 Å². The molecule has 0 atom stereocenters. The molecule has 2 amide bonds. The number of benzene rings is 3. The van der Waals surface area contributed by atoms with E-state index in [0.29, 0.717) is 18.8 Å². The van der Waals surface area contributed by atoms with Crippen LogP contribution in [0, 0.1) is 0 Å². The highest BCUT2D eigenvalue weighted by atomic mass is 32.2. The van der Waals surface area contributed by atoms with Crippen molar-refractivity contribution in [2.24, 2.45) is 0 Å². The van der Waals surface area contributed by atoms with E-state index in [0.717, 1.165) is 23.6 Å². The van der Waals surface area contributed by atoms with E-state index in [-0.39, 0.29) is 22.9 Å². The van der Waals surface area contributed by atoms with Crippen molar-refractivity contribution in [3.8, 4) is 0 Å². The molecule has 0 aromatic heterocycles. The molecule has 0 aliphatic carbocycles. The fourth-order valence-electron chi connectivity index (χ4n) is 3.90. The lowest BCUT2D eigenvalue weighted by molar-refractivity contribution is -0.116. The number of rotatable bonds is 6. The molecule has 32 heavy (non-hydrogen) atoms. The van der Waals surface area contributed by atoms with Gasteiger partial charge < -0.3 is 10.2 Å². The van der Waals surface area contributed by atoms with E-state index in [1.807, 2.05) is 42.5 Å². The van der Waals surface area contributed by atoms with Gasteiger partial charge in [-0.2, -0.15) is 4.31 Å². The van der Waals surface area contributed by atoms with Gasteiger partial charge in [0, 0.05) is 36.8 Å². The lowest BCUT2D eigenvalue weighted by atomic mass is 10.1. The SMILES string of the molecule is CN(CC(=O)Nc1cccc2ccccc12)C(=O)c1cccc(S(=O)(=O)N2CCCC2)c1. The number of amides is 2. The van der Waals surface area contributed by atoms with Crippen molar-refractivity contribution in [1.82, 2.24) is 9.21 Å². The summed E-state index contributed by atoms with van der Waals surface area (Å²) in [6, 6.07) is 19.3. The molecule has 1 aliphatic heterocycles. The third-order valence-electron chi connectivity index (χ3n) is 5.57. The molecule has 0 spiro atoms. The zero-order valence-corrected chi connectivity index (χ0v) is 18.6. The molecule has 1 N–H and O–H groups in total. The average molecular weight is 452 g/mol. The van der Waals surface area contributed by atoms with Crippen LogP contribution in [-0.2, 0) is 14.8 Å². The van der Waals surface area contributed by atoms with Crippen LogP contribution in [0.2, 0.25) is 0 Å². The van der Waals surface area contributed by atoms with Crippen LogP contribution in [0.3, 0.4) is 0 Å². The first-order chi connectivity index (χ1) is 15.4. The van der Waals surface area contributed by atoms with E-state index >= 15 is 0 Å². The number of nitrogens with one attached hydrogen (secondary N) is 1. The molecule has 0 bridgehead atoms. The van der Waals surface area contributed by atoms with Gasteiger partial charge in [0.15, 0.2) is 0 Å². The number of likely N-dealkylation sites (N-methyl/N-ethyl adjacent to an activating group) is 1. The highest BCUT2D eigenvalue weighted by Gasteiger charge is 2.28. The number of nitrogens with zero attached hydrogens (tertiary/aromatic N) is 2. The number of hydrogen-bond donors (Lipinski definition) is 1. The highest BCUT2D eigenvalue weighted by Crippen LogP contribution is 2.24. The van der Waals surface area contributed by atoms with Crippen LogP contribution in [0.5, 0.6) is 0 Å². The van der Waals surface area contributed by atoms with Gasteiger partial charge in [0.1, 0.15) is 0 Å². The lowest BCUT2D eigenvalue weighted by Gasteiger charge is -2.19. The quantitative estimate of drug-likeness (QED) is 0.623. The fraction of sp³-hybridized carbons (Fsp3) is 0.250. The Labute approximate surface area is 187 Å². The van der Waals surface area contributed by atoms with Crippen molar-refractivity contribution in [3.63, 3.8) is 0 Å². The maximum absolute atomic E-state index is 12.9. The average Bonchev–Trinajstić information content (AvgIpc) is 3.35. The molecule has 4 rings (SSSR count). The summed E-state index contributed by atoms with van der Waals surface area (Å²) in [5.74, 6) is -0.755. The smallest absolute Gasteiger partial charge is 0.254 e. The summed E-state index contributed by atoms with van der Waals surface area (Å²) in [7, 11) is -2.10. The largest absolute Gasteiger partial charge is 0.332 e. The van der Waals surface area contributed by atoms with Gasteiger partial charge in [-0.15, -0.1) is 0 Å². The highest BCUT2D eigenvalue weighted by molar-refractivity contribution is 7.89. The van der Waals surface area contributed by atoms with Gasteiger partial charge in [0.05, 0.1) is 11.4 Å². The summed E-state index contributed by atoms with van der Waals surface area (Å²) >= 11 is 0. The first-order valence-corrected chi connectivity index (χ1v) is 11.9. The Morgan fingerprint density at radius 3 is 2.44 bits per heavy atom. The molecule has 3 aromatic carbocycles. The Morgan fingerprint density at radius 1 is 0.969 bits per heavy atom. The number of hydrogen-bond acceptors (Lipinski definition) is 4. The molecular weight excluding hydrogens is 426 g/mol. The Bertz CT molecular complexity index is 1260. The van der Waals surface area contributed by atoms with E-state index in [4.69, 9.17) is 0 Å². The van der Waals surface area contributed by atoms with Crippen LogP contribution in [0.25, 0.3) is 10.8 Å². The Kier molecular flexibility index (Phi) is 6.25. The molecule has 3 aromatic rings. The number of sulfonamides is 1. The molecule has 0 saturated carbocycles. The Morgan fingerprint density at radius 2 is 1.66 bits per heavy atom. The third kappa shape index (κ3) is 4.51. The molecule has 166 valence electrons. The summed E-state index contributed by atoms with van der Waals surface area (Å²) in [6.45, 7) is 0.828. The second kappa shape index (κ2) is 9.10. The van der Waals surface area contributed by atoms with Gasteiger partial charge in [-0.25, -0.2) is 8.42 Å². The number of anilines is 1. The van der Waals surface area contributed by atoms with Crippen molar-refractivity contribution in [2.75, 3.05) is 32.0 Å². The van der Waals surface area contributed by atoms with E-state index in [9.17, 15) is 18.0 Å². The van der Waals surface area contributed by atoms with Crippen molar-refractivity contribution in [3.05, 3.63) is 72.3 Å². The van der Waals surface area contributed by atoms with Gasteiger partial charge in [-0.1, -0.05) is 42.5 Å². The van der Waals surface area contributed by atoms with Crippen molar-refractivity contribution in [2.45, 2.75) is 17.7 Å². The summed E-state index contributed by atoms with van der Waals surface area (Å²) in [5.41, 5.74) is 0.901. The van der Waals surface area contributed by atoms with Crippen LogP contribution in [-0.4, -0.2) is 56.1 Å². The van der Waals surface area contributed by atoms with Gasteiger partial charge in [-0.3, -0.25) is 9.59 Å². The monoisotopic (exact) mass is 451 g/mol. The van der Waals surface area contributed by atoms with E-state index < -0.39 is 15.9 Å². The molecule has 0 unspecified atom stereocenters. The van der Waals surface area contributed by atoms with Crippen LogP contribution >= 0.6 is 0 Å². The van der Waals surface area contributed by atoms with Crippen molar-refractivity contribution in [1.29, 1.82) is 0 Å². The van der Waals surface area contributed by atoms with Crippen molar-refractivity contribution >= 4 is 38.3 Å². The minimum atomic E-state index is -3.62. The van der Waals surface area contributed by atoms with Gasteiger partial charge >= 0.3 is 0 Å². The van der Waals surface area contributed by atoms with E-state index in [1.165, 1.54) is 28.4 Å². The van der Waals surface area contributed by atoms with Crippen LogP contribution in [0.15, 0.2) is 71.6 Å². The summed E-state index contributed by atoms with van der Waals surface area (Å²) in [5, 5.41) is 4.78. The third-order valence-corrected chi connectivity index (χ3v) is 7.47. The fourth-order valence-corrected chi connectivity index (χ4v) is 5.46. The molecule has 1 aliphatic rings. The standard InChI is InChI=1S/C24H25N3O4S/c1-26(17-23(28)25-22-13-7-9-18-8-2-3-12-21(18)22)24(29)19-10-6-11-20(16-19)32(30,31)27-14-4-5-15-27/h2-3,6-13,16H,4-5,14-15,17H2,1H3,(H,25,28). The van der Waals surface area contributed by atoms with Gasteiger partial charge in [0.25, 0.3) is 5.91 Å². The first kappa shape index (κ1) is 22.0. The second-order valence-corrected chi connectivity index (χ2v) is 9.81. The van der Waals surface area contributed by atoms with Gasteiger partial charge in [0.2, 0.25) is 15.9 Å². The summed E-state index contributed by atoms with van der Waals surface area (Å²) < 4.78 is 27.1. The zero-order valence-electron chi connectivity index (χ0n) is 17.8. The first-order valence-electron chi connectivity index (χ1n) is 10.5. The van der Waals surface area contributed by atoms with Crippen molar-refractivity contribution < 1.29 is 18.0 Å². The predicted molar refractivity (Wildman–Crippen MR) is 124 cm³/mol. The molecule has 1 saturated heterocycles. The molecule has 1 fully saturated rings. The number of carbonyl (C=O) groups is 2. The maximum atomic E-state index is 12.9. The molecule has 8 heteroatoms. The Balaban J connectivity index is 1.46. The number of fused-ring (bicyclic) bond motifs is 1. The van der Waals surface area contributed by atoms with Crippen LogP contribution in [0.4, 0.5) is 5.69 Å². The van der Waals surface area contributed by atoms with Crippen LogP contribution < -0.4 is 5.32 Å². The lowest BCUT2D eigenvalue weighted by Crippen LogP contribution is -2.35. The molecule has 7 nitrogen and oxygen atoms in total. The number of carbonyl (C=O) groups excluding carboxylic acids is 2. The molecular formula is C24H25N3O4S. The normalized spacial score (nSPS) is 14.4. The molecule has 1 heterocycles. The molecule has 0 radical (unpaired) electrons. The van der Waals surface area contributed by atoms with Gasteiger partial charge in [-0.05, 0) is 42.5 Å². The second-order valence-electron chi connectivity index (χ2n) is 7.88. The Hall–Kier alpha value is -3.23. The van der Waals surface area contributed by atoms with E-state index in [1.54, 1.807) is 12.1 Å². The minimum Gasteiger partial charge on any atom is -0.332 e. The topological polar surface area (TPSA) is 86.8 Å². The maximum Gasteiger partial charge on any atom is 0.254 e. The predicted octanol–water partition coefficient (Wildman–Crippen LogP) is 3.34. The zero-order chi connectivity index (χ0) is 22.7. The summed E-state index contributed by atoms with van der Waals surface area (Å²) in [6.07, 6.45) is 1.68. The summed E-state index contributed by atoms with van der Waals surface area (Å²) in [4.78, 5) is 26.9.